The molecule has 3 nitrogen and oxygen atoms in total. The number of aromatic nitrogens is 1. The Balaban J connectivity index is 2.02. The Hall–Kier alpha value is -1.77. The molecule has 1 aliphatic carbocycles. The first-order chi connectivity index (χ1) is 7.81. The minimum Gasteiger partial charge on any atom is -0.367 e. The average molecular weight is 214 g/mol. The first-order valence-electron chi connectivity index (χ1n) is 5.63. The number of nitrogen functional groups attached to an aromatic ring is 1. The molecule has 0 amide bonds. The molecule has 2 N–H and O–H groups in total. The summed E-state index contributed by atoms with van der Waals surface area (Å²) in [6.07, 6.45) is 1.93. The topological polar surface area (TPSA) is 52.0 Å². The molecule has 1 atom stereocenters. The molecule has 3 heteroatoms. The van der Waals surface area contributed by atoms with Gasteiger partial charge in [-0.05, 0) is 24.0 Å². The molecular weight excluding hydrogens is 200 g/mol. The van der Waals surface area contributed by atoms with Gasteiger partial charge in [0.25, 0.3) is 0 Å². The van der Waals surface area contributed by atoms with E-state index in [-0.39, 0.29) is 0 Å². The van der Waals surface area contributed by atoms with E-state index in [1.807, 2.05) is 0 Å². The van der Waals surface area contributed by atoms with E-state index in [1.54, 1.807) is 0 Å². The van der Waals surface area contributed by atoms with Crippen molar-refractivity contribution in [2.75, 3.05) is 5.73 Å². The fourth-order valence-electron chi connectivity index (χ4n) is 2.47. The average Bonchev–Trinajstić information content (AvgIpc) is 2.62. The van der Waals surface area contributed by atoms with Crippen molar-refractivity contribution in [2.24, 2.45) is 0 Å². The normalized spacial score (nSPS) is 17.9. The Kier molecular flexibility index (Phi) is 1.99. The molecule has 0 radical (unpaired) electrons. The van der Waals surface area contributed by atoms with Crippen molar-refractivity contribution < 1.29 is 4.52 Å². The number of nitrogens with two attached hydrogens (primary N) is 1. The molecule has 0 aliphatic heterocycles. The zero-order valence-electron chi connectivity index (χ0n) is 9.23. The second-order valence-corrected chi connectivity index (χ2v) is 4.22. The highest BCUT2D eigenvalue weighted by Crippen LogP contribution is 2.41. The molecule has 0 saturated carbocycles. The van der Waals surface area contributed by atoms with Gasteiger partial charge in [-0.25, -0.2) is 0 Å². The zero-order valence-corrected chi connectivity index (χ0v) is 9.23. The monoisotopic (exact) mass is 214 g/mol. The number of fused-ring (bicyclic) bond motifs is 1. The van der Waals surface area contributed by atoms with Crippen molar-refractivity contribution in [3.05, 3.63) is 46.6 Å². The smallest absolute Gasteiger partial charge is 0.225 e. The van der Waals surface area contributed by atoms with Gasteiger partial charge in [-0.1, -0.05) is 36.3 Å². The Morgan fingerprint density at radius 3 is 3.00 bits per heavy atom. The summed E-state index contributed by atoms with van der Waals surface area (Å²) in [6, 6.07) is 8.47. The predicted molar refractivity (Wildman–Crippen MR) is 62.3 cm³/mol. The van der Waals surface area contributed by atoms with Gasteiger partial charge >= 0.3 is 0 Å². The number of rotatable bonds is 2. The van der Waals surface area contributed by atoms with Crippen LogP contribution < -0.4 is 5.73 Å². The predicted octanol–water partition coefficient (Wildman–Crippen LogP) is 2.51. The molecular formula is C13H14N2O. The molecule has 1 heterocycles. The number of hydrogen-bond donors (Lipinski definition) is 1. The van der Waals surface area contributed by atoms with E-state index in [9.17, 15) is 0 Å². The lowest BCUT2D eigenvalue weighted by Crippen LogP contribution is -2.19. The van der Waals surface area contributed by atoms with Crippen LogP contribution in [0.25, 0.3) is 0 Å². The van der Waals surface area contributed by atoms with Crippen LogP contribution in [0.2, 0.25) is 0 Å². The molecule has 1 aliphatic rings. The van der Waals surface area contributed by atoms with Crippen molar-refractivity contribution in [2.45, 2.75) is 25.7 Å². The van der Waals surface area contributed by atoms with Crippen LogP contribution in [0, 0.1) is 0 Å². The van der Waals surface area contributed by atoms with Crippen molar-refractivity contribution in [1.82, 2.24) is 5.16 Å². The number of benzene rings is 1. The van der Waals surface area contributed by atoms with Crippen molar-refractivity contribution in [3.8, 4) is 0 Å². The summed E-state index contributed by atoms with van der Waals surface area (Å²) in [5.74, 6) is 0.856. The molecule has 0 saturated heterocycles. The van der Waals surface area contributed by atoms with Gasteiger partial charge in [0.2, 0.25) is 5.88 Å². The summed E-state index contributed by atoms with van der Waals surface area (Å²) < 4.78 is 5.09. The fourth-order valence-corrected chi connectivity index (χ4v) is 2.47. The zero-order chi connectivity index (χ0) is 11.1. The highest BCUT2D eigenvalue weighted by molar-refractivity contribution is 5.50. The van der Waals surface area contributed by atoms with Crippen LogP contribution in [-0.2, 0) is 12.8 Å². The first-order valence-corrected chi connectivity index (χ1v) is 5.63. The number of hydrogen-bond acceptors (Lipinski definition) is 3. The van der Waals surface area contributed by atoms with Crippen LogP contribution >= 0.6 is 0 Å². The maximum atomic E-state index is 5.76. The van der Waals surface area contributed by atoms with Gasteiger partial charge in [0.1, 0.15) is 0 Å². The molecule has 1 unspecified atom stereocenters. The standard InChI is InChI=1S/C13H14N2O/c1-2-9-12(15-16-13(9)14)11-7-8-5-3-4-6-10(8)11/h3-6,11H,2,7,14H2,1H3. The Labute approximate surface area is 94.2 Å². The summed E-state index contributed by atoms with van der Waals surface area (Å²) in [6.45, 7) is 2.08. The van der Waals surface area contributed by atoms with Crippen molar-refractivity contribution in [1.29, 1.82) is 0 Å². The van der Waals surface area contributed by atoms with E-state index in [0.29, 0.717) is 11.8 Å². The van der Waals surface area contributed by atoms with Crippen molar-refractivity contribution in [3.63, 3.8) is 0 Å². The largest absolute Gasteiger partial charge is 0.367 e. The minimum atomic E-state index is 0.382. The molecule has 82 valence electrons. The number of anilines is 1. The summed E-state index contributed by atoms with van der Waals surface area (Å²) in [5, 5.41) is 4.11. The molecule has 1 aromatic heterocycles. The van der Waals surface area contributed by atoms with Gasteiger partial charge in [-0.15, -0.1) is 0 Å². The SMILES string of the molecule is CCc1c(C2Cc3ccccc32)noc1N. The van der Waals surface area contributed by atoms with Crippen LogP contribution in [0.4, 0.5) is 5.88 Å². The van der Waals surface area contributed by atoms with Crippen molar-refractivity contribution >= 4 is 5.88 Å². The molecule has 1 aromatic carbocycles. The molecule has 0 fully saturated rings. The Morgan fingerprint density at radius 2 is 2.25 bits per heavy atom. The van der Waals surface area contributed by atoms with E-state index in [0.717, 1.165) is 24.1 Å². The van der Waals surface area contributed by atoms with Gasteiger partial charge < -0.3 is 10.3 Å². The van der Waals surface area contributed by atoms with Crippen LogP contribution in [0.3, 0.4) is 0 Å². The lowest BCUT2D eigenvalue weighted by Gasteiger charge is -2.28. The van der Waals surface area contributed by atoms with Gasteiger partial charge in [-0.2, -0.15) is 0 Å². The third-order valence-corrected chi connectivity index (χ3v) is 3.39. The number of nitrogens with zero attached hydrogens (tertiary/aromatic N) is 1. The van der Waals surface area contributed by atoms with Crippen LogP contribution in [0.15, 0.2) is 28.8 Å². The first kappa shape index (κ1) is 9.46. The highest BCUT2D eigenvalue weighted by atomic mass is 16.5. The van der Waals surface area contributed by atoms with Crippen LogP contribution in [-0.4, -0.2) is 5.16 Å². The molecule has 0 bridgehead atoms. The Bertz CT molecular complexity index is 530. The third-order valence-electron chi connectivity index (χ3n) is 3.39. The Morgan fingerprint density at radius 1 is 1.44 bits per heavy atom. The summed E-state index contributed by atoms with van der Waals surface area (Å²) in [5.41, 5.74) is 10.6. The van der Waals surface area contributed by atoms with E-state index in [4.69, 9.17) is 10.3 Å². The van der Waals surface area contributed by atoms with Crippen LogP contribution in [0.1, 0.15) is 35.2 Å². The molecule has 0 spiro atoms. The third kappa shape index (κ3) is 1.18. The molecule has 16 heavy (non-hydrogen) atoms. The van der Waals surface area contributed by atoms with Gasteiger partial charge in [0.05, 0.1) is 5.69 Å². The maximum absolute atomic E-state index is 5.76. The highest BCUT2D eigenvalue weighted by Gasteiger charge is 2.31. The summed E-state index contributed by atoms with van der Waals surface area (Å²) in [4.78, 5) is 0. The van der Waals surface area contributed by atoms with E-state index in [1.165, 1.54) is 11.1 Å². The van der Waals surface area contributed by atoms with Gasteiger partial charge in [0, 0.05) is 11.5 Å². The van der Waals surface area contributed by atoms with E-state index in [2.05, 4.69) is 36.3 Å². The summed E-state index contributed by atoms with van der Waals surface area (Å²) >= 11 is 0. The second kappa shape index (κ2) is 3.37. The van der Waals surface area contributed by atoms with Gasteiger partial charge in [-0.3, -0.25) is 0 Å². The maximum Gasteiger partial charge on any atom is 0.225 e. The van der Waals surface area contributed by atoms with E-state index < -0.39 is 0 Å². The second-order valence-electron chi connectivity index (χ2n) is 4.22. The molecule has 3 rings (SSSR count). The summed E-state index contributed by atoms with van der Waals surface area (Å²) in [7, 11) is 0. The minimum absolute atomic E-state index is 0.382. The van der Waals surface area contributed by atoms with Crippen LogP contribution in [0.5, 0.6) is 0 Å². The fraction of sp³-hybridized carbons (Fsp3) is 0.308. The molecule has 2 aromatic rings. The lowest BCUT2D eigenvalue weighted by atomic mass is 9.75. The van der Waals surface area contributed by atoms with Gasteiger partial charge in [0.15, 0.2) is 0 Å². The van der Waals surface area contributed by atoms with E-state index >= 15 is 0 Å². The lowest BCUT2D eigenvalue weighted by molar-refractivity contribution is 0.420. The quantitative estimate of drug-likeness (QED) is 0.835.